The predicted molar refractivity (Wildman–Crippen MR) is 105 cm³/mol. The van der Waals surface area contributed by atoms with Crippen LogP contribution in [0.15, 0.2) is 30.3 Å². The molecule has 2 unspecified atom stereocenters. The van der Waals surface area contributed by atoms with Gasteiger partial charge in [-0.2, -0.15) is 5.26 Å². The van der Waals surface area contributed by atoms with Crippen molar-refractivity contribution in [3.63, 3.8) is 0 Å². The van der Waals surface area contributed by atoms with Gasteiger partial charge in [-0.25, -0.2) is 0 Å². The Balaban J connectivity index is 1.53. The Labute approximate surface area is 166 Å². The summed E-state index contributed by atoms with van der Waals surface area (Å²) in [7, 11) is 0. The molecule has 3 heterocycles. The highest BCUT2D eigenvalue weighted by Gasteiger charge is 2.46. The molecule has 4 rings (SSSR count). The van der Waals surface area contributed by atoms with Crippen molar-refractivity contribution in [1.82, 2.24) is 9.80 Å². The third-order valence-electron chi connectivity index (χ3n) is 6.69. The molecule has 0 aliphatic carbocycles. The molecule has 0 bridgehead atoms. The molecule has 0 spiro atoms. The number of likely N-dealkylation sites (tertiary alicyclic amines) is 1. The van der Waals surface area contributed by atoms with Crippen molar-refractivity contribution in [2.75, 3.05) is 13.1 Å². The van der Waals surface area contributed by atoms with Gasteiger partial charge in [0.1, 0.15) is 6.04 Å². The minimum atomic E-state index is -0.501. The number of nitriles is 1. The first-order valence-corrected chi connectivity index (χ1v) is 10.4. The smallest absolute Gasteiger partial charge is 0.245 e. The summed E-state index contributed by atoms with van der Waals surface area (Å²) < 4.78 is 0. The van der Waals surface area contributed by atoms with Crippen LogP contribution in [-0.4, -0.2) is 52.8 Å². The van der Waals surface area contributed by atoms with Gasteiger partial charge in [0.15, 0.2) is 0 Å². The Bertz CT molecular complexity index is 774. The van der Waals surface area contributed by atoms with Crippen molar-refractivity contribution < 1.29 is 9.59 Å². The SMILES string of the molecule is N#CC1CN(C(=O)[C@@H]2CC[C@@H]3CCCC[C@H](N)C(=O)N32)CC1c1ccccc1. The molecule has 1 aromatic rings. The number of benzene rings is 1. The summed E-state index contributed by atoms with van der Waals surface area (Å²) in [6, 6.07) is 11.5. The number of hydrogen-bond acceptors (Lipinski definition) is 4. The number of amides is 2. The summed E-state index contributed by atoms with van der Waals surface area (Å²) in [5.74, 6) is -0.273. The van der Waals surface area contributed by atoms with Crippen LogP contribution in [0.1, 0.15) is 50.0 Å². The van der Waals surface area contributed by atoms with Crippen LogP contribution >= 0.6 is 0 Å². The zero-order valence-corrected chi connectivity index (χ0v) is 16.2. The number of fused-ring (bicyclic) bond motifs is 1. The van der Waals surface area contributed by atoms with Gasteiger partial charge in [-0.05, 0) is 31.2 Å². The molecule has 0 radical (unpaired) electrons. The van der Waals surface area contributed by atoms with Gasteiger partial charge in [0, 0.05) is 25.0 Å². The molecule has 1 aromatic carbocycles. The number of hydrogen-bond donors (Lipinski definition) is 1. The molecule has 6 nitrogen and oxygen atoms in total. The van der Waals surface area contributed by atoms with Crippen LogP contribution in [0.2, 0.25) is 0 Å². The minimum absolute atomic E-state index is 0.0118. The van der Waals surface area contributed by atoms with Gasteiger partial charge >= 0.3 is 0 Å². The molecule has 2 N–H and O–H groups in total. The van der Waals surface area contributed by atoms with E-state index >= 15 is 0 Å². The van der Waals surface area contributed by atoms with Crippen LogP contribution in [0.25, 0.3) is 0 Å². The standard InChI is InChI=1S/C22H28N4O2/c23-12-16-13-25(14-18(16)15-6-2-1-3-7-15)22(28)20-11-10-17-8-4-5-9-19(24)21(27)26(17)20/h1-3,6-7,16-20H,4-5,8-11,13-14,24H2/t16?,17-,18?,19-,20-/m0/s1. The lowest BCUT2D eigenvalue weighted by Gasteiger charge is -2.35. The molecule has 0 saturated carbocycles. The fraction of sp³-hybridized carbons (Fsp3) is 0.591. The van der Waals surface area contributed by atoms with Crippen LogP contribution in [0, 0.1) is 17.2 Å². The average molecular weight is 380 g/mol. The Morgan fingerprint density at radius 2 is 1.82 bits per heavy atom. The van der Waals surface area contributed by atoms with E-state index in [1.54, 1.807) is 9.80 Å². The minimum Gasteiger partial charge on any atom is -0.339 e. The average Bonchev–Trinajstić information content (AvgIpc) is 3.34. The third-order valence-corrected chi connectivity index (χ3v) is 6.69. The number of carbonyl (C=O) groups excluding carboxylic acids is 2. The molecule has 6 heteroatoms. The van der Waals surface area contributed by atoms with Crippen LogP contribution in [-0.2, 0) is 9.59 Å². The van der Waals surface area contributed by atoms with E-state index in [9.17, 15) is 14.9 Å². The Hall–Kier alpha value is -2.39. The third kappa shape index (κ3) is 3.40. The van der Waals surface area contributed by atoms with Crippen molar-refractivity contribution in [1.29, 1.82) is 5.26 Å². The molecular weight excluding hydrogens is 352 g/mol. The van der Waals surface area contributed by atoms with Crippen LogP contribution < -0.4 is 5.73 Å². The molecule has 5 atom stereocenters. The summed E-state index contributed by atoms with van der Waals surface area (Å²) in [4.78, 5) is 29.9. The van der Waals surface area contributed by atoms with Crippen LogP contribution in [0.3, 0.4) is 0 Å². The first-order chi connectivity index (χ1) is 13.6. The van der Waals surface area contributed by atoms with Crippen molar-refractivity contribution >= 4 is 11.8 Å². The Morgan fingerprint density at radius 1 is 1.07 bits per heavy atom. The molecule has 2 amide bonds. The summed E-state index contributed by atoms with van der Waals surface area (Å²) in [6.07, 6.45) is 5.25. The summed E-state index contributed by atoms with van der Waals surface area (Å²) in [5, 5.41) is 9.63. The molecule has 3 aliphatic heterocycles. The first kappa shape index (κ1) is 18.9. The maximum Gasteiger partial charge on any atom is 0.245 e. The van der Waals surface area contributed by atoms with E-state index in [-0.39, 0.29) is 29.7 Å². The van der Waals surface area contributed by atoms with E-state index in [2.05, 4.69) is 6.07 Å². The highest BCUT2D eigenvalue weighted by molar-refractivity contribution is 5.91. The van der Waals surface area contributed by atoms with Gasteiger partial charge in [0.2, 0.25) is 11.8 Å². The van der Waals surface area contributed by atoms with E-state index in [0.717, 1.165) is 31.2 Å². The van der Waals surface area contributed by atoms with E-state index in [1.165, 1.54) is 0 Å². The van der Waals surface area contributed by atoms with E-state index in [0.29, 0.717) is 25.9 Å². The van der Waals surface area contributed by atoms with Gasteiger partial charge in [-0.1, -0.05) is 43.2 Å². The van der Waals surface area contributed by atoms with Gasteiger partial charge in [0.05, 0.1) is 18.0 Å². The zero-order valence-electron chi connectivity index (χ0n) is 16.2. The van der Waals surface area contributed by atoms with Crippen molar-refractivity contribution in [3.8, 4) is 6.07 Å². The maximum atomic E-state index is 13.4. The highest BCUT2D eigenvalue weighted by atomic mass is 16.2. The molecule has 3 aliphatic rings. The van der Waals surface area contributed by atoms with Crippen LogP contribution in [0.5, 0.6) is 0 Å². The highest BCUT2D eigenvalue weighted by Crippen LogP contribution is 2.36. The quantitative estimate of drug-likeness (QED) is 0.850. The Morgan fingerprint density at radius 3 is 2.57 bits per heavy atom. The van der Waals surface area contributed by atoms with E-state index < -0.39 is 12.1 Å². The van der Waals surface area contributed by atoms with E-state index in [1.807, 2.05) is 30.3 Å². The predicted octanol–water partition coefficient (Wildman–Crippen LogP) is 2.01. The number of nitrogens with two attached hydrogens (primary N) is 1. The number of rotatable bonds is 2. The fourth-order valence-corrected chi connectivity index (χ4v) is 5.16. The monoisotopic (exact) mass is 380 g/mol. The van der Waals surface area contributed by atoms with Gasteiger partial charge in [0.25, 0.3) is 0 Å². The largest absolute Gasteiger partial charge is 0.339 e. The molecule has 0 aromatic heterocycles. The summed E-state index contributed by atoms with van der Waals surface area (Å²) in [6.45, 7) is 0.973. The number of nitrogens with zero attached hydrogens (tertiary/aromatic N) is 3. The van der Waals surface area contributed by atoms with Crippen LogP contribution in [0.4, 0.5) is 0 Å². The van der Waals surface area contributed by atoms with Gasteiger partial charge < -0.3 is 15.5 Å². The lowest BCUT2D eigenvalue weighted by atomic mass is 9.90. The van der Waals surface area contributed by atoms with Gasteiger partial charge in [-0.15, -0.1) is 0 Å². The first-order valence-electron chi connectivity index (χ1n) is 10.4. The Kier molecular flexibility index (Phi) is 5.36. The van der Waals surface area contributed by atoms with Crippen molar-refractivity contribution in [2.45, 2.75) is 62.6 Å². The normalized spacial score (nSPS) is 33.1. The lowest BCUT2D eigenvalue weighted by molar-refractivity contribution is -0.146. The van der Waals surface area contributed by atoms with Crippen molar-refractivity contribution in [2.24, 2.45) is 11.7 Å². The lowest BCUT2D eigenvalue weighted by Crippen LogP contribution is -2.55. The molecule has 28 heavy (non-hydrogen) atoms. The molecule has 3 saturated heterocycles. The molecule has 3 fully saturated rings. The maximum absolute atomic E-state index is 13.4. The fourth-order valence-electron chi connectivity index (χ4n) is 5.16. The van der Waals surface area contributed by atoms with E-state index in [4.69, 9.17) is 5.73 Å². The zero-order chi connectivity index (χ0) is 19.7. The topological polar surface area (TPSA) is 90.4 Å². The molecular formula is C22H28N4O2. The second-order valence-electron chi connectivity index (χ2n) is 8.38. The number of carbonyl (C=O) groups is 2. The summed E-state index contributed by atoms with van der Waals surface area (Å²) >= 11 is 0. The van der Waals surface area contributed by atoms with Crippen molar-refractivity contribution in [3.05, 3.63) is 35.9 Å². The van der Waals surface area contributed by atoms with Gasteiger partial charge in [-0.3, -0.25) is 9.59 Å². The summed E-state index contributed by atoms with van der Waals surface area (Å²) in [5.41, 5.74) is 7.20. The second kappa shape index (κ2) is 7.92. The second-order valence-corrected chi connectivity index (χ2v) is 8.38. The molecule has 148 valence electrons.